The Balaban J connectivity index is 1.49. The minimum absolute atomic E-state index is 0.162. The lowest BCUT2D eigenvalue weighted by atomic mass is 10.00. The maximum atomic E-state index is 13.6. The van der Waals surface area contributed by atoms with Crippen molar-refractivity contribution in [3.63, 3.8) is 0 Å². The van der Waals surface area contributed by atoms with Crippen molar-refractivity contribution in [3.8, 4) is 16.9 Å². The number of rotatable bonds is 3. The maximum absolute atomic E-state index is 13.6. The van der Waals surface area contributed by atoms with Gasteiger partial charge in [-0.05, 0) is 66.8 Å². The fourth-order valence-electron chi connectivity index (χ4n) is 4.36. The van der Waals surface area contributed by atoms with E-state index >= 15 is 0 Å². The van der Waals surface area contributed by atoms with Gasteiger partial charge in [0.15, 0.2) is 0 Å². The first-order valence-electron chi connectivity index (χ1n) is 11.1. The van der Waals surface area contributed by atoms with E-state index in [1.165, 1.54) is 0 Å². The van der Waals surface area contributed by atoms with Crippen LogP contribution in [0.15, 0.2) is 66.9 Å². The number of nitrogen functional groups attached to an aromatic ring is 1. The Kier molecular flexibility index (Phi) is 5.33. The molecule has 8 nitrogen and oxygen atoms in total. The zero-order valence-electron chi connectivity index (χ0n) is 18.7. The Morgan fingerprint density at radius 1 is 1.06 bits per heavy atom. The lowest BCUT2D eigenvalue weighted by Gasteiger charge is -2.23. The highest BCUT2D eigenvalue weighted by atomic mass is 16.5. The number of amides is 2. The lowest BCUT2D eigenvalue weighted by molar-refractivity contribution is 0.0987. The molecule has 3 aromatic carbocycles. The van der Waals surface area contributed by atoms with Gasteiger partial charge in [0.2, 0.25) is 0 Å². The summed E-state index contributed by atoms with van der Waals surface area (Å²) in [6.45, 7) is 2.55. The Bertz CT molecular complexity index is 1410. The van der Waals surface area contributed by atoms with Crippen molar-refractivity contribution in [3.05, 3.63) is 72.4 Å². The van der Waals surface area contributed by atoms with E-state index in [9.17, 15) is 9.59 Å². The van der Waals surface area contributed by atoms with Crippen molar-refractivity contribution >= 4 is 40.0 Å². The predicted octanol–water partition coefficient (Wildman–Crippen LogP) is 4.73. The topological polar surface area (TPSA) is 126 Å². The van der Waals surface area contributed by atoms with Gasteiger partial charge in [0.05, 0.1) is 11.4 Å². The van der Waals surface area contributed by atoms with Crippen molar-refractivity contribution in [2.24, 2.45) is 5.73 Å². The number of primary amides is 1. The van der Waals surface area contributed by atoms with E-state index < -0.39 is 6.09 Å². The Labute approximate surface area is 196 Å². The summed E-state index contributed by atoms with van der Waals surface area (Å²) in [5.74, 6) is 0.0862. The van der Waals surface area contributed by atoms with Crippen molar-refractivity contribution < 1.29 is 14.3 Å². The molecule has 0 aliphatic carbocycles. The molecule has 0 saturated carbocycles. The number of carbonyl (C=O) groups is 2. The molecule has 34 heavy (non-hydrogen) atoms. The number of hydrogen-bond acceptors (Lipinski definition) is 5. The number of benzene rings is 3. The third kappa shape index (κ3) is 4.01. The third-order valence-corrected chi connectivity index (χ3v) is 6.07. The molecule has 8 heteroatoms. The molecule has 4 aromatic rings. The van der Waals surface area contributed by atoms with Gasteiger partial charge in [0, 0.05) is 47.2 Å². The number of H-pyrrole nitrogens is 1. The van der Waals surface area contributed by atoms with Gasteiger partial charge in [0.1, 0.15) is 5.75 Å². The summed E-state index contributed by atoms with van der Waals surface area (Å²) in [6.07, 6.45) is 1.74. The van der Waals surface area contributed by atoms with Gasteiger partial charge in [-0.2, -0.15) is 0 Å². The molecule has 2 amide bonds. The number of nitrogens with two attached hydrogens (primary N) is 2. The van der Waals surface area contributed by atoms with Crippen molar-refractivity contribution in [2.45, 2.75) is 19.4 Å². The Morgan fingerprint density at radius 2 is 1.91 bits per heavy atom. The molecule has 2 heterocycles. The Morgan fingerprint density at radius 3 is 2.71 bits per heavy atom. The van der Waals surface area contributed by atoms with Crippen LogP contribution in [0.25, 0.3) is 22.0 Å². The van der Waals surface area contributed by atoms with Gasteiger partial charge in [-0.25, -0.2) is 4.79 Å². The van der Waals surface area contributed by atoms with E-state index in [1.54, 1.807) is 35.2 Å². The molecule has 1 unspecified atom stereocenters. The summed E-state index contributed by atoms with van der Waals surface area (Å²) in [6, 6.07) is 18.7. The molecule has 6 N–H and O–H groups in total. The van der Waals surface area contributed by atoms with Gasteiger partial charge in [-0.15, -0.1) is 0 Å². The number of nitrogens with one attached hydrogen (secondary N) is 2. The van der Waals surface area contributed by atoms with Gasteiger partial charge >= 0.3 is 6.09 Å². The van der Waals surface area contributed by atoms with Crippen LogP contribution in [0.4, 0.5) is 21.9 Å². The first-order valence-corrected chi connectivity index (χ1v) is 11.1. The van der Waals surface area contributed by atoms with Gasteiger partial charge in [0.25, 0.3) is 5.91 Å². The van der Waals surface area contributed by atoms with Crippen molar-refractivity contribution in [1.29, 1.82) is 0 Å². The molecular weight excluding hydrogens is 430 g/mol. The van der Waals surface area contributed by atoms with Gasteiger partial charge < -0.3 is 31.4 Å². The average molecular weight is 456 g/mol. The number of aromatic amines is 1. The molecule has 172 valence electrons. The van der Waals surface area contributed by atoms with E-state index in [1.807, 2.05) is 30.5 Å². The largest absolute Gasteiger partial charge is 0.410 e. The molecule has 0 saturated heterocycles. The number of aromatic nitrogens is 1. The molecule has 0 fully saturated rings. The summed E-state index contributed by atoms with van der Waals surface area (Å²) >= 11 is 0. The molecule has 1 aromatic heterocycles. The average Bonchev–Trinajstić information content (AvgIpc) is 3.21. The van der Waals surface area contributed by atoms with Crippen LogP contribution in [0.3, 0.4) is 0 Å². The second-order valence-corrected chi connectivity index (χ2v) is 8.47. The highest BCUT2D eigenvalue weighted by Crippen LogP contribution is 2.36. The standard InChI is InChI=1S/C26H25N5O3/c1-15-9-11-31(24-14-19(34-26(28)33)4-7-23(24)30-15)25(32)18-2-5-20(21(27)13-18)16-3-6-22-17(12-16)8-10-29-22/h2-8,10,12-15,29-30H,9,11,27H2,1H3,(H2,28,33). The number of anilines is 3. The number of fused-ring (bicyclic) bond motifs is 2. The number of nitrogens with zero attached hydrogens (tertiary/aromatic N) is 1. The first-order chi connectivity index (χ1) is 16.4. The van der Waals surface area contributed by atoms with Crippen molar-refractivity contribution in [2.75, 3.05) is 22.5 Å². The van der Waals surface area contributed by atoms with Gasteiger partial charge in [-0.3, -0.25) is 4.79 Å². The summed E-state index contributed by atoms with van der Waals surface area (Å²) in [5, 5.41) is 4.49. The van der Waals surface area contributed by atoms with E-state index in [2.05, 4.69) is 23.3 Å². The van der Waals surface area contributed by atoms with Crippen LogP contribution in [0.1, 0.15) is 23.7 Å². The van der Waals surface area contributed by atoms with Crippen LogP contribution < -0.4 is 26.4 Å². The second kappa shape index (κ2) is 8.47. The lowest BCUT2D eigenvalue weighted by Crippen LogP contribution is -2.32. The molecule has 1 atom stereocenters. The van der Waals surface area contributed by atoms with E-state index in [-0.39, 0.29) is 17.7 Å². The summed E-state index contributed by atoms with van der Waals surface area (Å²) in [7, 11) is 0. The molecular formula is C26H25N5O3. The van der Waals surface area contributed by atoms with Crippen LogP contribution in [0.5, 0.6) is 5.75 Å². The monoisotopic (exact) mass is 455 g/mol. The van der Waals surface area contributed by atoms with Gasteiger partial charge in [-0.1, -0.05) is 12.1 Å². The highest BCUT2D eigenvalue weighted by Gasteiger charge is 2.26. The Hall–Kier alpha value is -4.46. The molecule has 0 spiro atoms. The predicted molar refractivity (Wildman–Crippen MR) is 134 cm³/mol. The number of hydrogen-bond donors (Lipinski definition) is 4. The first kappa shape index (κ1) is 21.4. The van der Waals surface area contributed by atoms with Crippen LogP contribution in [-0.4, -0.2) is 29.6 Å². The quantitative estimate of drug-likeness (QED) is 0.332. The SMILES string of the molecule is CC1CCN(C(=O)c2ccc(-c3ccc4[nH]ccc4c3)c(N)c2)c2cc(OC(N)=O)ccc2N1. The van der Waals surface area contributed by atoms with Crippen LogP contribution in [0, 0.1) is 0 Å². The summed E-state index contributed by atoms with van der Waals surface area (Å²) in [4.78, 5) is 29.7. The molecule has 0 bridgehead atoms. The number of carbonyl (C=O) groups excluding carboxylic acids is 2. The van der Waals surface area contributed by atoms with Crippen LogP contribution >= 0.6 is 0 Å². The molecule has 0 radical (unpaired) electrons. The molecule has 1 aliphatic rings. The summed E-state index contributed by atoms with van der Waals surface area (Å²) in [5.41, 5.74) is 16.9. The van der Waals surface area contributed by atoms with E-state index in [4.69, 9.17) is 16.2 Å². The fraction of sp³-hybridized carbons (Fsp3) is 0.154. The highest BCUT2D eigenvalue weighted by molar-refractivity contribution is 6.09. The minimum Gasteiger partial charge on any atom is -0.410 e. The van der Waals surface area contributed by atoms with E-state index in [0.717, 1.165) is 34.1 Å². The number of ether oxygens (including phenoxy) is 1. The van der Waals surface area contributed by atoms with Crippen molar-refractivity contribution in [1.82, 2.24) is 4.98 Å². The third-order valence-electron chi connectivity index (χ3n) is 6.07. The molecule has 5 rings (SSSR count). The zero-order valence-corrected chi connectivity index (χ0v) is 18.7. The normalized spacial score (nSPS) is 15.3. The molecule has 1 aliphatic heterocycles. The smallest absolute Gasteiger partial charge is 0.409 e. The maximum Gasteiger partial charge on any atom is 0.409 e. The van der Waals surface area contributed by atoms with Crippen LogP contribution in [-0.2, 0) is 0 Å². The van der Waals surface area contributed by atoms with E-state index in [0.29, 0.717) is 23.5 Å². The van der Waals surface area contributed by atoms with Crippen LogP contribution in [0.2, 0.25) is 0 Å². The summed E-state index contributed by atoms with van der Waals surface area (Å²) < 4.78 is 5.04. The minimum atomic E-state index is -0.908. The second-order valence-electron chi connectivity index (χ2n) is 8.47. The zero-order chi connectivity index (χ0) is 23.8. The fourth-order valence-corrected chi connectivity index (χ4v) is 4.36.